The van der Waals surface area contributed by atoms with Gasteiger partial charge in [0.25, 0.3) is 0 Å². The van der Waals surface area contributed by atoms with Crippen LogP contribution >= 0.6 is 35.6 Å². The molecule has 6 heteroatoms. The van der Waals surface area contributed by atoms with Crippen LogP contribution in [0.3, 0.4) is 0 Å². The molecule has 0 atom stereocenters. The van der Waals surface area contributed by atoms with Crippen molar-refractivity contribution in [3.8, 4) is 0 Å². The summed E-state index contributed by atoms with van der Waals surface area (Å²) in [5.41, 5.74) is 1.27. The third-order valence-corrected chi connectivity index (χ3v) is 4.06. The van der Waals surface area contributed by atoms with Gasteiger partial charge in [-0.25, -0.2) is 0 Å². The van der Waals surface area contributed by atoms with E-state index in [1.807, 2.05) is 26.2 Å². The molecule has 0 aliphatic heterocycles. The van der Waals surface area contributed by atoms with Gasteiger partial charge in [-0.3, -0.25) is 4.99 Å². The van der Waals surface area contributed by atoms with Crippen molar-refractivity contribution in [3.63, 3.8) is 0 Å². The van der Waals surface area contributed by atoms with Gasteiger partial charge in [0, 0.05) is 38.8 Å². The van der Waals surface area contributed by atoms with Crippen molar-refractivity contribution in [2.45, 2.75) is 19.3 Å². The second-order valence-electron chi connectivity index (χ2n) is 5.79. The third kappa shape index (κ3) is 8.22. The van der Waals surface area contributed by atoms with Gasteiger partial charge >= 0.3 is 0 Å². The number of aliphatic imine (C=N–C) groups is 1. The molecule has 0 aromatic heterocycles. The van der Waals surface area contributed by atoms with Crippen LogP contribution in [0.1, 0.15) is 18.4 Å². The second kappa shape index (κ2) is 11.1. The summed E-state index contributed by atoms with van der Waals surface area (Å²) in [7, 11) is 3.85. The molecule has 0 heterocycles. The van der Waals surface area contributed by atoms with E-state index in [1.54, 1.807) is 0 Å². The molecular weight excluding hydrogens is 425 g/mol. The highest BCUT2D eigenvalue weighted by atomic mass is 127. The zero-order valence-corrected chi connectivity index (χ0v) is 17.0. The van der Waals surface area contributed by atoms with E-state index in [-0.39, 0.29) is 24.0 Å². The molecule has 1 N–H and O–H groups in total. The van der Waals surface area contributed by atoms with E-state index in [2.05, 4.69) is 27.3 Å². The van der Waals surface area contributed by atoms with E-state index in [0.29, 0.717) is 0 Å². The molecule has 1 fully saturated rings. The summed E-state index contributed by atoms with van der Waals surface area (Å²) in [5, 5.41) is 4.16. The van der Waals surface area contributed by atoms with Gasteiger partial charge in [-0.1, -0.05) is 23.7 Å². The number of hydrogen-bond acceptors (Lipinski definition) is 2. The summed E-state index contributed by atoms with van der Waals surface area (Å²) in [6.45, 7) is 3.37. The molecule has 23 heavy (non-hydrogen) atoms. The smallest absolute Gasteiger partial charge is 0.193 e. The lowest BCUT2D eigenvalue weighted by Crippen LogP contribution is -2.41. The molecule has 1 aliphatic carbocycles. The van der Waals surface area contributed by atoms with Crippen LogP contribution in [0.4, 0.5) is 0 Å². The van der Waals surface area contributed by atoms with E-state index in [4.69, 9.17) is 16.3 Å². The molecule has 2 rings (SSSR count). The second-order valence-corrected chi connectivity index (χ2v) is 6.23. The van der Waals surface area contributed by atoms with E-state index in [1.165, 1.54) is 18.4 Å². The zero-order valence-electron chi connectivity index (χ0n) is 13.9. The SMILES string of the molecule is CN=C(NCCc1ccc(Cl)cc1)N(C)CCOCC1CC1.I. The molecule has 1 saturated carbocycles. The average molecular weight is 452 g/mol. The van der Waals surface area contributed by atoms with Crippen molar-refractivity contribution in [2.24, 2.45) is 10.9 Å². The van der Waals surface area contributed by atoms with Gasteiger partial charge in [0.1, 0.15) is 0 Å². The predicted octanol–water partition coefficient (Wildman–Crippen LogP) is 3.43. The molecule has 4 nitrogen and oxygen atoms in total. The average Bonchev–Trinajstić information content (AvgIpc) is 3.34. The van der Waals surface area contributed by atoms with Crippen molar-refractivity contribution < 1.29 is 4.74 Å². The van der Waals surface area contributed by atoms with Crippen molar-refractivity contribution in [1.29, 1.82) is 0 Å². The topological polar surface area (TPSA) is 36.9 Å². The van der Waals surface area contributed by atoms with Crippen LogP contribution in [0, 0.1) is 5.92 Å². The van der Waals surface area contributed by atoms with E-state index in [9.17, 15) is 0 Å². The lowest BCUT2D eigenvalue weighted by molar-refractivity contribution is 0.115. The Labute approximate surface area is 161 Å². The van der Waals surface area contributed by atoms with Crippen molar-refractivity contribution >= 4 is 41.5 Å². The van der Waals surface area contributed by atoms with Gasteiger partial charge in [0.15, 0.2) is 5.96 Å². The minimum absolute atomic E-state index is 0. The van der Waals surface area contributed by atoms with Crippen LogP contribution in [0.2, 0.25) is 5.02 Å². The first-order chi connectivity index (χ1) is 10.7. The summed E-state index contributed by atoms with van der Waals surface area (Å²) < 4.78 is 5.67. The fourth-order valence-corrected chi connectivity index (χ4v) is 2.32. The Kier molecular flexibility index (Phi) is 9.90. The minimum Gasteiger partial charge on any atom is -0.379 e. The monoisotopic (exact) mass is 451 g/mol. The van der Waals surface area contributed by atoms with Gasteiger partial charge in [0.2, 0.25) is 0 Å². The number of ether oxygens (including phenoxy) is 1. The van der Waals surface area contributed by atoms with Crippen molar-refractivity contribution in [3.05, 3.63) is 34.9 Å². The van der Waals surface area contributed by atoms with Gasteiger partial charge < -0.3 is 15.0 Å². The van der Waals surface area contributed by atoms with Gasteiger partial charge in [0.05, 0.1) is 6.61 Å². The first kappa shape index (κ1) is 20.5. The lowest BCUT2D eigenvalue weighted by atomic mass is 10.1. The van der Waals surface area contributed by atoms with Gasteiger partial charge in [-0.05, 0) is 42.9 Å². The number of benzene rings is 1. The van der Waals surface area contributed by atoms with Crippen LogP contribution < -0.4 is 5.32 Å². The maximum absolute atomic E-state index is 5.89. The van der Waals surface area contributed by atoms with Crippen LogP contribution in [-0.4, -0.2) is 51.3 Å². The first-order valence-corrected chi connectivity index (χ1v) is 8.31. The number of likely N-dealkylation sites (N-methyl/N-ethyl adjacent to an activating group) is 1. The maximum atomic E-state index is 5.89. The van der Waals surface area contributed by atoms with Gasteiger partial charge in [-0.2, -0.15) is 0 Å². The minimum atomic E-state index is 0. The summed E-state index contributed by atoms with van der Waals surface area (Å²) in [6.07, 6.45) is 3.62. The van der Waals surface area contributed by atoms with E-state index >= 15 is 0 Å². The quantitative estimate of drug-likeness (QED) is 0.285. The molecule has 0 unspecified atom stereocenters. The van der Waals surface area contributed by atoms with Crippen molar-refractivity contribution in [2.75, 3.05) is 40.4 Å². The van der Waals surface area contributed by atoms with Crippen LogP contribution in [0.15, 0.2) is 29.3 Å². The maximum Gasteiger partial charge on any atom is 0.193 e. The summed E-state index contributed by atoms with van der Waals surface area (Å²) in [6, 6.07) is 7.97. The molecule has 0 spiro atoms. The predicted molar refractivity (Wildman–Crippen MR) is 108 cm³/mol. The summed E-state index contributed by atoms with van der Waals surface area (Å²) >= 11 is 5.89. The number of hydrogen-bond donors (Lipinski definition) is 1. The normalized spacial score (nSPS) is 14.3. The fourth-order valence-electron chi connectivity index (χ4n) is 2.20. The Bertz CT molecular complexity index is 477. The summed E-state index contributed by atoms with van der Waals surface area (Å²) in [5.74, 6) is 1.73. The number of nitrogens with one attached hydrogen (secondary N) is 1. The molecule has 0 bridgehead atoms. The molecule has 0 amide bonds. The van der Waals surface area contributed by atoms with E-state index in [0.717, 1.165) is 49.6 Å². The first-order valence-electron chi connectivity index (χ1n) is 7.93. The highest BCUT2D eigenvalue weighted by molar-refractivity contribution is 14.0. The molecular formula is C17H27ClIN3O. The van der Waals surface area contributed by atoms with Crippen LogP contribution in [0.25, 0.3) is 0 Å². The van der Waals surface area contributed by atoms with Crippen molar-refractivity contribution in [1.82, 2.24) is 10.2 Å². The van der Waals surface area contributed by atoms with Crippen LogP contribution in [0.5, 0.6) is 0 Å². The summed E-state index contributed by atoms with van der Waals surface area (Å²) in [4.78, 5) is 6.42. The molecule has 1 aromatic carbocycles. The van der Waals surface area contributed by atoms with Crippen LogP contribution in [-0.2, 0) is 11.2 Å². The molecule has 130 valence electrons. The number of nitrogens with zero attached hydrogens (tertiary/aromatic N) is 2. The molecule has 1 aromatic rings. The third-order valence-electron chi connectivity index (χ3n) is 3.80. The Morgan fingerprint density at radius 2 is 2.04 bits per heavy atom. The zero-order chi connectivity index (χ0) is 15.8. The lowest BCUT2D eigenvalue weighted by Gasteiger charge is -2.22. The highest BCUT2D eigenvalue weighted by Crippen LogP contribution is 2.28. The number of guanidine groups is 1. The number of rotatable bonds is 8. The highest BCUT2D eigenvalue weighted by Gasteiger charge is 2.21. The Balaban J connectivity index is 0.00000264. The van der Waals surface area contributed by atoms with E-state index < -0.39 is 0 Å². The standard InChI is InChI=1S/C17H26ClN3O.HI/c1-19-17(21(2)11-12-22-13-15-3-4-15)20-10-9-14-5-7-16(18)8-6-14;/h5-8,15H,3-4,9-13H2,1-2H3,(H,19,20);1H. The molecule has 0 saturated heterocycles. The molecule has 0 radical (unpaired) electrons. The Morgan fingerprint density at radius 1 is 1.35 bits per heavy atom. The Hall–Kier alpha value is -0.530. The number of halogens is 2. The van der Waals surface area contributed by atoms with Gasteiger partial charge in [-0.15, -0.1) is 24.0 Å². The largest absolute Gasteiger partial charge is 0.379 e. The molecule has 1 aliphatic rings. The fraction of sp³-hybridized carbons (Fsp3) is 0.588. The Morgan fingerprint density at radius 3 is 2.65 bits per heavy atom.